The van der Waals surface area contributed by atoms with Gasteiger partial charge in [-0.1, -0.05) is 18.2 Å². The summed E-state index contributed by atoms with van der Waals surface area (Å²) in [6.45, 7) is 13.0. The molecule has 2 aliphatic rings. The van der Waals surface area contributed by atoms with Crippen molar-refractivity contribution in [1.82, 2.24) is 15.1 Å². The number of amides is 1. The lowest BCUT2D eigenvalue weighted by Gasteiger charge is -2.42. The molecule has 27 heavy (non-hydrogen) atoms. The molecule has 1 saturated heterocycles. The van der Waals surface area contributed by atoms with Gasteiger partial charge in [0, 0.05) is 31.7 Å². The van der Waals surface area contributed by atoms with E-state index in [-0.39, 0.29) is 0 Å². The molecule has 0 aliphatic carbocycles. The van der Waals surface area contributed by atoms with E-state index >= 15 is 0 Å². The Kier molecular flexibility index (Phi) is 5.75. The molecule has 0 unspecified atom stereocenters. The zero-order valence-electron chi connectivity index (χ0n) is 17.2. The number of carbonyl (C=O) groups excluding carboxylic acids is 1. The van der Waals surface area contributed by atoms with Gasteiger partial charge >= 0.3 is 6.09 Å². The Morgan fingerprint density at radius 2 is 1.89 bits per heavy atom. The van der Waals surface area contributed by atoms with Crippen molar-refractivity contribution in [3.05, 3.63) is 29.8 Å². The van der Waals surface area contributed by atoms with E-state index in [2.05, 4.69) is 35.0 Å². The van der Waals surface area contributed by atoms with E-state index in [1.54, 1.807) is 0 Å². The second kappa shape index (κ2) is 7.89. The van der Waals surface area contributed by atoms with Crippen LogP contribution in [0.1, 0.15) is 53.0 Å². The molecule has 1 amide bonds. The van der Waals surface area contributed by atoms with Crippen LogP contribution >= 0.6 is 0 Å². The number of likely N-dealkylation sites (tertiary alicyclic amines) is 1. The van der Waals surface area contributed by atoms with Crippen molar-refractivity contribution < 1.29 is 9.53 Å². The molecular weight excluding hydrogens is 340 g/mol. The maximum absolute atomic E-state index is 12.4. The molecule has 0 radical (unpaired) electrons. The minimum atomic E-state index is -0.537. The first kappa shape index (κ1) is 19.7. The van der Waals surface area contributed by atoms with Gasteiger partial charge in [0.2, 0.25) is 5.96 Å². The molecule has 1 fully saturated rings. The maximum atomic E-state index is 12.4. The van der Waals surface area contributed by atoms with Gasteiger partial charge < -0.3 is 14.5 Å². The number of carbonyl (C=O) groups is 1. The first-order chi connectivity index (χ1) is 12.7. The van der Waals surface area contributed by atoms with Gasteiger partial charge in [0.25, 0.3) is 0 Å². The SMILES string of the molecule is CC(C)N1CCC(N2Cc3ccccc3N=C2NC(=O)OC(C)(C)C)CC1. The number of guanidine groups is 1. The largest absolute Gasteiger partial charge is 0.444 e. The number of rotatable bonds is 2. The smallest absolute Gasteiger partial charge is 0.414 e. The van der Waals surface area contributed by atoms with Gasteiger partial charge in [0.05, 0.1) is 5.69 Å². The van der Waals surface area contributed by atoms with Gasteiger partial charge in [0.1, 0.15) is 5.60 Å². The number of fused-ring (bicyclic) bond motifs is 1. The summed E-state index contributed by atoms with van der Waals surface area (Å²) in [5.41, 5.74) is 1.57. The summed E-state index contributed by atoms with van der Waals surface area (Å²) in [5, 5.41) is 2.90. The third-order valence-electron chi connectivity index (χ3n) is 5.11. The maximum Gasteiger partial charge on any atom is 0.414 e. The van der Waals surface area contributed by atoms with E-state index in [9.17, 15) is 4.79 Å². The Hall–Kier alpha value is -2.08. The van der Waals surface area contributed by atoms with Crippen LogP contribution in [0.25, 0.3) is 0 Å². The van der Waals surface area contributed by atoms with Gasteiger partial charge in [-0.2, -0.15) is 0 Å². The van der Waals surface area contributed by atoms with Crippen molar-refractivity contribution in [2.45, 2.75) is 71.7 Å². The topological polar surface area (TPSA) is 57.2 Å². The van der Waals surface area contributed by atoms with E-state index in [0.29, 0.717) is 18.0 Å². The molecule has 1 aromatic rings. The van der Waals surface area contributed by atoms with E-state index in [1.165, 1.54) is 5.56 Å². The Labute approximate surface area is 162 Å². The summed E-state index contributed by atoms with van der Waals surface area (Å²) < 4.78 is 5.45. The normalized spacial score (nSPS) is 18.9. The second-order valence-corrected chi connectivity index (χ2v) is 8.68. The molecule has 2 heterocycles. The summed E-state index contributed by atoms with van der Waals surface area (Å²) in [7, 11) is 0. The number of nitrogens with zero attached hydrogens (tertiary/aromatic N) is 3. The molecule has 6 heteroatoms. The number of hydrogen-bond donors (Lipinski definition) is 1. The molecule has 0 atom stereocenters. The minimum Gasteiger partial charge on any atom is -0.444 e. The molecule has 0 bridgehead atoms. The Morgan fingerprint density at radius 3 is 2.52 bits per heavy atom. The predicted octanol–water partition coefficient (Wildman–Crippen LogP) is 3.89. The van der Waals surface area contributed by atoms with Crippen molar-refractivity contribution in [2.24, 2.45) is 4.99 Å². The average Bonchev–Trinajstić information content (AvgIpc) is 2.59. The molecule has 1 aromatic carbocycles. The third-order valence-corrected chi connectivity index (χ3v) is 5.11. The first-order valence-electron chi connectivity index (χ1n) is 9.90. The number of alkyl carbamates (subject to hydrolysis) is 1. The fourth-order valence-corrected chi connectivity index (χ4v) is 3.70. The van der Waals surface area contributed by atoms with E-state index in [1.807, 2.05) is 39.0 Å². The van der Waals surface area contributed by atoms with Crippen molar-refractivity contribution in [2.75, 3.05) is 13.1 Å². The van der Waals surface area contributed by atoms with Crippen molar-refractivity contribution in [1.29, 1.82) is 0 Å². The highest BCUT2D eigenvalue weighted by Crippen LogP contribution is 2.29. The first-order valence-corrected chi connectivity index (χ1v) is 9.90. The molecule has 3 rings (SSSR count). The van der Waals surface area contributed by atoms with Crippen LogP contribution in [0, 0.1) is 0 Å². The van der Waals surface area contributed by atoms with Crippen LogP contribution in [0.2, 0.25) is 0 Å². The van der Waals surface area contributed by atoms with Gasteiger partial charge in [0.15, 0.2) is 0 Å². The molecule has 1 N–H and O–H groups in total. The molecule has 0 saturated carbocycles. The summed E-state index contributed by atoms with van der Waals surface area (Å²) in [4.78, 5) is 21.8. The zero-order chi connectivity index (χ0) is 19.6. The van der Waals surface area contributed by atoms with Gasteiger partial charge in [-0.05, 0) is 59.1 Å². The van der Waals surface area contributed by atoms with Crippen LogP contribution in [0.5, 0.6) is 0 Å². The van der Waals surface area contributed by atoms with Gasteiger partial charge in [-0.3, -0.25) is 5.32 Å². The van der Waals surface area contributed by atoms with Crippen LogP contribution in [0.3, 0.4) is 0 Å². The van der Waals surface area contributed by atoms with Crippen LogP contribution in [0.15, 0.2) is 29.3 Å². The number of hydrogen-bond acceptors (Lipinski definition) is 5. The quantitative estimate of drug-likeness (QED) is 0.856. The molecule has 6 nitrogen and oxygen atoms in total. The molecule has 148 valence electrons. The monoisotopic (exact) mass is 372 g/mol. The number of para-hydroxylation sites is 1. The van der Waals surface area contributed by atoms with Gasteiger partial charge in [-0.25, -0.2) is 9.79 Å². The van der Waals surface area contributed by atoms with Crippen molar-refractivity contribution in [3.63, 3.8) is 0 Å². The van der Waals surface area contributed by atoms with E-state index in [0.717, 1.165) is 38.2 Å². The molecule has 0 aromatic heterocycles. The van der Waals surface area contributed by atoms with Gasteiger partial charge in [-0.15, -0.1) is 0 Å². The lowest BCUT2D eigenvalue weighted by atomic mass is 10.0. The highest BCUT2D eigenvalue weighted by molar-refractivity contribution is 5.96. The van der Waals surface area contributed by atoms with Crippen LogP contribution in [-0.4, -0.2) is 52.6 Å². The number of benzene rings is 1. The summed E-state index contributed by atoms with van der Waals surface area (Å²) >= 11 is 0. The summed E-state index contributed by atoms with van der Waals surface area (Å²) in [6.07, 6.45) is 1.68. The van der Waals surface area contributed by atoms with Crippen LogP contribution in [-0.2, 0) is 11.3 Å². The highest BCUT2D eigenvalue weighted by Gasteiger charge is 2.31. The number of aliphatic imine (C=N–C) groups is 1. The standard InChI is InChI=1S/C21H32N4O2/c1-15(2)24-12-10-17(11-13-24)25-14-16-8-6-7-9-18(16)22-19(25)23-20(26)27-21(3,4)5/h6-9,15,17H,10-14H2,1-5H3,(H,22,23,26). The third kappa shape index (κ3) is 5.01. The fraction of sp³-hybridized carbons (Fsp3) is 0.619. The van der Waals surface area contributed by atoms with Crippen LogP contribution in [0.4, 0.5) is 10.5 Å². The lowest BCUT2D eigenvalue weighted by Crippen LogP contribution is -2.54. The van der Waals surface area contributed by atoms with Crippen molar-refractivity contribution >= 4 is 17.7 Å². The molecule has 2 aliphatic heterocycles. The highest BCUT2D eigenvalue weighted by atomic mass is 16.6. The lowest BCUT2D eigenvalue weighted by molar-refractivity contribution is 0.0548. The number of nitrogens with one attached hydrogen (secondary N) is 1. The van der Waals surface area contributed by atoms with E-state index in [4.69, 9.17) is 9.73 Å². The Bertz CT molecular complexity index is 700. The summed E-state index contributed by atoms with van der Waals surface area (Å²) in [6, 6.07) is 9.05. The Morgan fingerprint density at radius 1 is 1.22 bits per heavy atom. The average molecular weight is 373 g/mol. The molecular formula is C21H32N4O2. The Balaban J connectivity index is 1.78. The number of piperidine rings is 1. The summed E-state index contributed by atoms with van der Waals surface area (Å²) in [5.74, 6) is 0.603. The zero-order valence-corrected chi connectivity index (χ0v) is 17.2. The molecule has 0 spiro atoms. The number of ether oxygens (including phenoxy) is 1. The predicted molar refractivity (Wildman–Crippen MR) is 108 cm³/mol. The minimum absolute atomic E-state index is 0.363. The second-order valence-electron chi connectivity index (χ2n) is 8.68. The fourth-order valence-electron chi connectivity index (χ4n) is 3.70. The van der Waals surface area contributed by atoms with E-state index < -0.39 is 11.7 Å². The van der Waals surface area contributed by atoms with Crippen LogP contribution < -0.4 is 5.32 Å². The van der Waals surface area contributed by atoms with Crippen molar-refractivity contribution in [3.8, 4) is 0 Å².